The number of aryl methyl sites for hydroxylation is 1. The summed E-state index contributed by atoms with van der Waals surface area (Å²) in [7, 11) is 0. The van der Waals surface area contributed by atoms with Crippen LogP contribution in [0.2, 0.25) is 0 Å². The molecule has 0 bridgehead atoms. The van der Waals surface area contributed by atoms with Gasteiger partial charge in [-0.25, -0.2) is 4.39 Å². The second-order valence-electron chi connectivity index (χ2n) is 5.33. The van der Waals surface area contributed by atoms with Crippen molar-refractivity contribution in [3.63, 3.8) is 0 Å². The minimum Gasteiger partial charge on any atom is -0.317 e. The zero-order chi connectivity index (χ0) is 15.1. The summed E-state index contributed by atoms with van der Waals surface area (Å²) in [4.78, 5) is 6.43. The molecule has 6 nitrogen and oxygen atoms in total. The van der Waals surface area contributed by atoms with Crippen molar-refractivity contribution in [1.29, 1.82) is 0 Å². The standard InChI is InChI=1S/C15H14FN5O/c1-10-8-13-9-20(6-7-21(13)18-10)15-17-14(19-22-15)11-2-4-12(16)5-3-11/h2-5,8H,6-7,9H2,1H3. The number of fused-ring (bicyclic) bond motifs is 1. The number of aromatic nitrogens is 4. The summed E-state index contributed by atoms with van der Waals surface area (Å²) in [5, 5.41) is 8.41. The summed E-state index contributed by atoms with van der Waals surface area (Å²) < 4.78 is 20.3. The monoisotopic (exact) mass is 299 g/mol. The van der Waals surface area contributed by atoms with E-state index in [1.54, 1.807) is 12.1 Å². The highest BCUT2D eigenvalue weighted by atomic mass is 19.1. The first-order valence-corrected chi connectivity index (χ1v) is 7.07. The van der Waals surface area contributed by atoms with Gasteiger partial charge in [0.25, 0.3) is 0 Å². The van der Waals surface area contributed by atoms with Gasteiger partial charge in [-0.05, 0) is 37.3 Å². The van der Waals surface area contributed by atoms with E-state index in [-0.39, 0.29) is 5.82 Å². The van der Waals surface area contributed by atoms with Crippen LogP contribution in [0.1, 0.15) is 11.4 Å². The molecule has 3 aromatic rings. The predicted octanol–water partition coefficient (Wildman–Crippen LogP) is 2.40. The van der Waals surface area contributed by atoms with Gasteiger partial charge in [-0.2, -0.15) is 10.1 Å². The molecule has 0 unspecified atom stereocenters. The highest BCUT2D eigenvalue weighted by Crippen LogP contribution is 2.23. The maximum atomic E-state index is 13.0. The molecule has 4 rings (SSSR count). The molecule has 1 aliphatic heterocycles. The summed E-state index contributed by atoms with van der Waals surface area (Å²) in [6.45, 7) is 4.22. The molecule has 0 aliphatic carbocycles. The van der Waals surface area contributed by atoms with Crippen LogP contribution in [-0.4, -0.2) is 26.5 Å². The molecule has 0 atom stereocenters. The van der Waals surface area contributed by atoms with Crippen molar-refractivity contribution in [3.8, 4) is 11.4 Å². The Labute approximate surface area is 126 Å². The largest absolute Gasteiger partial charge is 0.324 e. The Kier molecular flexibility index (Phi) is 2.92. The van der Waals surface area contributed by atoms with Crippen LogP contribution in [0.4, 0.5) is 10.4 Å². The average Bonchev–Trinajstić information content (AvgIpc) is 3.12. The third-order valence-corrected chi connectivity index (χ3v) is 3.71. The summed E-state index contributed by atoms with van der Waals surface area (Å²) in [6.07, 6.45) is 0. The molecule has 1 aromatic carbocycles. The third kappa shape index (κ3) is 2.24. The maximum Gasteiger partial charge on any atom is 0.324 e. The van der Waals surface area contributed by atoms with Crippen LogP contribution in [-0.2, 0) is 13.1 Å². The van der Waals surface area contributed by atoms with E-state index < -0.39 is 0 Å². The highest BCUT2D eigenvalue weighted by molar-refractivity contribution is 5.55. The SMILES string of the molecule is Cc1cc2n(n1)CCN(c1nc(-c3ccc(F)cc3)no1)C2. The fourth-order valence-electron chi connectivity index (χ4n) is 2.63. The van der Waals surface area contributed by atoms with Gasteiger partial charge in [0.2, 0.25) is 5.82 Å². The van der Waals surface area contributed by atoms with Crippen LogP contribution in [0.3, 0.4) is 0 Å². The van der Waals surface area contributed by atoms with Gasteiger partial charge < -0.3 is 9.42 Å². The van der Waals surface area contributed by atoms with Gasteiger partial charge >= 0.3 is 6.01 Å². The number of halogens is 1. The van der Waals surface area contributed by atoms with Crippen LogP contribution in [0, 0.1) is 12.7 Å². The minimum atomic E-state index is -0.285. The Balaban J connectivity index is 1.58. The Hall–Kier alpha value is -2.70. The van der Waals surface area contributed by atoms with Crippen LogP contribution in [0.25, 0.3) is 11.4 Å². The molecule has 0 saturated carbocycles. The molecule has 3 heterocycles. The van der Waals surface area contributed by atoms with Gasteiger partial charge in [0, 0.05) is 12.1 Å². The molecule has 0 fully saturated rings. The first-order valence-electron chi connectivity index (χ1n) is 7.07. The van der Waals surface area contributed by atoms with Gasteiger partial charge in [-0.15, -0.1) is 0 Å². The van der Waals surface area contributed by atoms with Gasteiger partial charge in [-0.3, -0.25) is 4.68 Å². The van der Waals surface area contributed by atoms with Gasteiger partial charge in [0.15, 0.2) is 0 Å². The van der Waals surface area contributed by atoms with E-state index in [1.807, 2.05) is 16.5 Å². The van der Waals surface area contributed by atoms with Crippen molar-refractivity contribution >= 4 is 6.01 Å². The van der Waals surface area contributed by atoms with Crippen LogP contribution in [0.15, 0.2) is 34.9 Å². The quantitative estimate of drug-likeness (QED) is 0.727. The number of anilines is 1. The predicted molar refractivity (Wildman–Crippen MR) is 77.7 cm³/mol. The van der Waals surface area contributed by atoms with Crippen molar-refractivity contribution in [2.45, 2.75) is 20.0 Å². The van der Waals surface area contributed by atoms with E-state index in [0.29, 0.717) is 18.4 Å². The number of rotatable bonds is 2. The second-order valence-corrected chi connectivity index (χ2v) is 5.33. The minimum absolute atomic E-state index is 0.285. The lowest BCUT2D eigenvalue weighted by atomic mass is 10.2. The summed E-state index contributed by atoms with van der Waals surface area (Å²) in [5.41, 5.74) is 2.87. The molecule has 2 aromatic heterocycles. The molecular weight excluding hydrogens is 285 g/mol. The van der Waals surface area contributed by atoms with E-state index in [4.69, 9.17) is 4.52 Å². The van der Waals surface area contributed by atoms with Crippen molar-refractivity contribution < 1.29 is 8.91 Å². The lowest BCUT2D eigenvalue weighted by Gasteiger charge is -2.25. The molecule has 22 heavy (non-hydrogen) atoms. The molecule has 0 N–H and O–H groups in total. The molecule has 0 saturated heterocycles. The third-order valence-electron chi connectivity index (χ3n) is 3.71. The number of benzene rings is 1. The lowest BCUT2D eigenvalue weighted by molar-refractivity contribution is 0.397. The maximum absolute atomic E-state index is 13.0. The summed E-state index contributed by atoms with van der Waals surface area (Å²) >= 11 is 0. The molecule has 0 amide bonds. The first kappa shape index (κ1) is 13.0. The Morgan fingerprint density at radius 3 is 2.82 bits per heavy atom. The molecular formula is C15H14FN5O. The first-order chi connectivity index (χ1) is 10.7. The molecule has 0 spiro atoms. The number of hydrogen-bond acceptors (Lipinski definition) is 5. The molecule has 0 radical (unpaired) electrons. The average molecular weight is 299 g/mol. The van der Waals surface area contributed by atoms with Crippen molar-refractivity contribution in [3.05, 3.63) is 47.5 Å². The van der Waals surface area contributed by atoms with Crippen molar-refractivity contribution in [2.75, 3.05) is 11.4 Å². The summed E-state index contributed by atoms with van der Waals surface area (Å²) in [5.74, 6) is 0.178. The lowest BCUT2D eigenvalue weighted by Crippen LogP contribution is -2.33. The van der Waals surface area contributed by atoms with E-state index in [1.165, 1.54) is 12.1 Å². The summed E-state index contributed by atoms with van der Waals surface area (Å²) in [6, 6.07) is 8.58. The van der Waals surface area contributed by atoms with Crippen molar-refractivity contribution in [1.82, 2.24) is 19.9 Å². The van der Waals surface area contributed by atoms with Gasteiger partial charge in [0.1, 0.15) is 5.82 Å². The van der Waals surface area contributed by atoms with Gasteiger partial charge in [0.05, 0.1) is 24.5 Å². The zero-order valence-corrected chi connectivity index (χ0v) is 12.0. The van der Waals surface area contributed by atoms with Gasteiger partial charge in [-0.1, -0.05) is 5.16 Å². The van der Waals surface area contributed by atoms with E-state index in [9.17, 15) is 4.39 Å². The number of nitrogens with zero attached hydrogens (tertiary/aromatic N) is 5. The Morgan fingerprint density at radius 1 is 1.18 bits per heavy atom. The highest BCUT2D eigenvalue weighted by Gasteiger charge is 2.22. The van der Waals surface area contributed by atoms with Crippen LogP contribution >= 0.6 is 0 Å². The van der Waals surface area contributed by atoms with E-state index >= 15 is 0 Å². The normalized spacial score (nSPS) is 14.2. The fourth-order valence-corrected chi connectivity index (χ4v) is 2.63. The second kappa shape index (κ2) is 4.94. The van der Waals surface area contributed by atoms with Crippen LogP contribution < -0.4 is 4.90 Å². The van der Waals surface area contributed by atoms with E-state index in [0.717, 1.165) is 30.0 Å². The number of hydrogen-bond donors (Lipinski definition) is 0. The Bertz CT molecular complexity index is 808. The Morgan fingerprint density at radius 2 is 2.00 bits per heavy atom. The topological polar surface area (TPSA) is 60.0 Å². The molecule has 7 heteroatoms. The van der Waals surface area contributed by atoms with Crippen LogP contribution in [0.5, 0.6) is 0 Å². The van der Waals surface area contributed by atoms with E-state index in [2.05, 4.69) is 21.3 Å². The smallest absolute Gasteiger partial charge is 0.317 e. The zero-order valence-electron chi connectivity index (χ0n) is 12.0. The van der Waals surface area contributed by atoms with Crippen molar-refractivity contribution in [2.24, 2.45) is 0 Å². The molecule has 1 aliphatic rings. The fraction of sp³-hybridized carbons (Fsp3) is 0.267. The molecule has 112 valence electrons.